The number of rotatable bonds is 4. The van der Waals surface area contributed by atoms with Crippen molar-refractivity contribution in [2.75, 3.05) is 18.8 Å². The molecular formula is C14H19N3O. The second-order valence-corrected chi connectivity index (χ2v) is 4.39. The number of carbonyl (C=O) groups excluding carboxylic acids is 1. The monoisotopic (exact) mass is 245 g/mol. The van der Waals surface area contributed by atoms with Gasteiger partial charge in [0.05, 0.1) is 12.0 Å². The van der Waals surface area contributed by atoms with Crippen LogP contribution in [-0.2, 0) is 0 Å². The molecule has 96 valence electrons. The second-order valence-electron chi connectivity index (χ2n) is 4.39. The van der Waals surface area contributed by atoms with Crippen molar-refractivity contribution >= 4 is 11.6 Å². The highest BCUT2D eigenvalue weighted by molar-refractivity contribution is 5.96. The number of hydrogen-bond acceptors (Lipinski definition) is 3. The van der Waals surface area contributed by atoms with Crippen LogP contribution in [-0.4, -0.2) is 23.9 Å². The summed E-state index contributed by atoms with van der Waals surface area (Å²) in [5, 5.41) is 8.82. The molecule has 1 atom stereocenters. The van der Waals surface area contributed by atoms with E-state index in [2.05, 4.69) is 6.07 Å². The maximum Gasteiger partial charge on any atom is 0.254 e. The zero-order valence-electron chi connectivity index (χ0n) is 11.1. The fourth-order valence-electron chi connectivity index (χ4n) is 1.78. The van der Waals surface area contributed by atoms with Crippen molar-refractivity contribution in [1.82, 2.24) is 4.90 Å². The van der Waals surface area contributed by atoms with Gasteiger partial charge >= 0.3 is 0 Å². The van der Waals surface area contributed by atoms with Crippen LogP contribution in [0, 0.1) is 24.2 Å². The summed E-state index contributed by atoms with van der Waals surface area (Å²) in [6, 6.07) is 7.47. The molecule has 1 amide bonds. The molecule has 0 fully saturated rings. The van der Waals surface area contributed by atoms with E-state index >= 15 is 0 Å². The number of hydrogen-bond donors (Lipinski definition) is 1. The predicted octanol–water partition coefficient (Wildman–Crippen LogP) is 2.20. The van der Waals surface area contributed by atoms with Gasteiger partial charge in [0, 0.05) is 24.3 Å². The molecule has 0 saturated heterocycles. The Balaban J connectivity index is 2.97. The van der Waals surface area contributed by atoms with Crippen molar-refractivity contribution in [2.24, 2.45) is 5.92 Å². The minimum atomic E-state index is -0.171. The molecule has 1 aromatic carbocycles. The largest absolute Gasteiger partial charge is 0.398 e. The SMILES string of the molecule is CCN(CC(C)C#N)C(=O)c1cccc(N)c1C. The Morgan fingerprint density at radius 2 is 2.22 bits per heavy atom. The molecule has 0 aliphatic heterocycles. The van der Waals surface area contributed by atoms with Gasteiger partial charge in [-0.1, -0.05) is 6.07 Å². The number of nitrogens with zero attached hydrogens (tertiary/aromatic N) is 2. The molecule has 0 aliphatic carbocycles. The lowest BCUT2D eigenvalue weighted by atomic mass is 10.0. The maximum atomic E-state index is 12.4. The van der Waals surface area contributed by atoms with Gasteiger partial charge in [0.25, 0.3) is 5.91 Å². The number of nitriles is 1. The normalized spacial score (nSPS) is 11.7. The van der Waals surface area contributed by atoms with E-state index in [-0.39, 0.29) is 11.8 Å². The first-order valence-electron chi connectivity index (χ1n) is 6.05. The molecule has 0 spiro atoms. The van der Waals surface area contributed by atoms with Crippen molar-refractivity contribution in [3.8, 4) is 6.07 Å². The van der Waals surface area contributed by atoms with Crippen LogP contribution in [0.1, 0.15) is 29.8 Å². The van der Waals surface area contributed by atoms with Gasteiger partial charge in [-0.25, -0.2) is 0 Å². The number of benzene rings is 1. The lowest BCUT2D eigenvalue weighted by Gasteiger charge is -2.23. The minimum absolute atomic E-state index is 0.0654. The molecular weight excluding hydrogens is 226 g/mol. The van der Waals surface area contributed by atoms with E-state index < -0.39 is 0 Å². The van der Waals surface area contributed by atoms with Crippen molar-refractivity contribution in [1.29, 1.82) is 5.26 Å². The van der Waals surface area contributed by atoms with E-state index in [4.69, 9.17) is 11.0 Å². The molecule has 0 bridgehead atoms. The molecule has 4 nitrogen and oxygen atoms in total. The first-order valence-corrected chi connectivity index (χ1v) is 6.05. The van der Waals surface area contributed by atoms with E-state index in [9.17, 15) is 4.79 Å². The Morgan fingerprint density at radius 1 is 1.56 bits per heavy atom. The van der Waals surface area contributed by atoms with Crippen LogP contribution in [0.3, 0.4) is 0 Å². The topological polar surface area (TPSA) is 70.1 Å². The Hall–Kier alpha value is -2.02. The van der Waals surface area contributed by atoms with Crippen LogP contribution >= 0.6 is 0 Å². The molecule has 0 heterocycles. The van der Waals surface area contributed by atoms with Gasteiger partial charge in [0.2, 0.25) is 0 Å². The highest BCUT2D eigenvalue weighted by Crippen LogP contribution is 2.17. The van der Waals surface area contributed by atoms with Crippen molar-refractivity contribution in [2.45, 2.75) is 20.8 Å². The molecule has 18 heavy (non-hydrogen) atoms. The summed E-state index contributed by atoms with van der Waals surface area (Å²) in [5.74, 6) is -0.236. The van der Waals surface area contributed by atoms with Crippen molar-refractivity contribution < 1.29 is 4.79 Å². The fraction of sp³-hybridized carbons (Fsp3) is 0.429. The van der Waals surface area contributed by atoms with E-state index in [1.807, 2.05) is 20.8 Å². The van der Waals surface area contributed by atoms with Crippen molar-refractivity contribution in [3.05, 3.63) is 29.3 Å². The smallest absolute Gasteiger partial charge is 0.254 e. The summed E-state index contributed by atoms with van der Waals surface area (Å²) < 4.78 is 0. The van der Waals surface area contributed by atoms with Crippen LogP contribution in [0.5, 0.6) is 0 Å². The van der Waals surface area contributed by atoms with Crippen LogP contribution < -0.4 is 5.73 Å². The first kappa shape index (κ1) is 14.0. The molecule has 0 radical (unpaired) electrons. The summed E-state index contributed by atoms with van der Waals surface area (Å²) in [4.78, 5) is 14.0. The quantitative estimate of drug-likeness (QED) is 0.827. The molecule has 0 aromatic heterocycles. The average molecular weight is 245 g/mol. The average Bonchev–Trinajstić information content (AvgIpc) is 2.38. The third-order valence-electron chi connectivity index (χ3n) is 2.99. The molecule has 1 rings (SSSR count). The standard InChI is InChI=1S/C14H19N3O/c1-4-17(9-10(2)8-15)14(18)12-6-5-7-13(16)11(12)3/h5-7,10H,4,9,16H2,1-3H3. The van der Waals surface area contributed by atoms with Gasteiger partial charge in [-0.05, 0) is 38.5 Å². The van der Waals surface area contributed by atoms with Gasteiger partial charge < -0.3 is 10.6 Å². The van der Waals surface area contributed by atoms with Gasteiger partial charge in [-0.3, -0.25) is 4.79 Å². The predicted molar refractivity (Wildman–Crippen MR) is 71.9 cm³/mol. The molecule has 0 saturated carbocycles. The Kier molecular flexibility index (Phi) is 4.73. The molecule has 4 heteroatoms. The Bertz CT molecular complexity index is 476. The molecule has 2 N–H and O–H groups in total. The zero-order chi connectivity index (χ0) is 13.7. The van der Waals surface area contributed by atoms with E-state index in [1.165, 1.54) is 0 Å². The van der Waals surface area contributed by atoms with Gasteiger partial charge in [0.15, 0.2) is 0 Å². The van der Waals surface area contributed by atoms with Crippen LogP contribution in [0.25, 0.3) is 0 Å². The number of amides is 1. The summed E-state index contributed by atoms with van der Waals surface area (Å²) in [6.07, 6.45) is 0. The Labute approximate surface area is 108 Å². The fourth-order valence-corrected chi connectivity index (χ4v) is 1.78. The number of nitrogens with two attached hydrogens (primary N) is 1. The van der Waals surface area contributed by atoms with Gasteiger partial charge in [-0.15, -0.1) is 0 Å². The minimum Gasteiger partial charge on any atom is -0.398 e. The summed E-state index contributed by atoms with van der Waals surface area (Å²) >= 11 is 0. The highest BCUT2D eigenvalue weighted by atomic mass is 16.2. The first-order chi connectivity index (χ1) is 8.51. The Morgan fingerprint density at radius 3 is 2.78 bits per heavy atom. The third kappa shape index (κ3) is 3.01. The van der Waals surface area contributed by atoms with Gasteiger partial charge in [-0.2, -0.15) is 5.26 Å². The lowest BCUT2D eigenvalue weighted by Crippen LogP contribution is -2.34. The second kappa shape index (κ2) is 6.06. The zero-order valence-corrected chi connectivity index (χ0v) is 11.1. The number of anilines is 1. The van der Waals surface area contributed by atoms with Crippen LogP contribution in [0.2, 0.25) is 0 Å². The van der Waals surface area contributed by atoms with E-state index in [1.54, 1.807) is 23.1 Å². The lowest BCUT2D eigenvalue weighted by molar-refractivity contribution is 0.0752. The molecule has 1 unspecified atom stereocenters. The van der Waals surface area contributed by atoms with Crippen molar-refractivity contribution in [3.63, 3.8) is 0 Å². The number of carbonyl (C=O) groups is 1. The van der Waals surface area contributed by atoms with E-state index in [0.29, 0.717) is 24.3 Å². The summed E-state index contributed by atoms with van der Waals surface area (Å²) in [5.41, 5.74) is 7.83. The van der Waals surface area contributed by atoms with Gasteiger partial charge in [0.1, 0.15) is 0 Å². The maximum absolute atomic E-state index is 12.4. The van der Waals surface area contributed by atoms with Crippen LogP contribution in [0.15, 0.2) is 18.2 Å². The number of nitrogen functional groups attached to an aromatic ring is 1. The molecule has 1 aromatic rings. The third-order valence-corrected chi connectivity index (χ3v) is 2.99. The summed E-state index contributed by atoms with van der Waals surface area (Å²) in [7, 11) is 0. The summed E-state index contributed by atoms with van der Waals surface area (Å²) in [6.45, 7) is 6.58. The highest BCUT2D eigenvalue weighted by Gasteiger charge is 2.18. The molecule has 0 aliphatic rings. The van der Waals surface area contributed by atoms with E-state index in [0.717, 1.165) is 5.56 Å². The van der Waals surface area contributed by atoms with Crippen LogP contribution in [0.4, 0.5) is 5.69 Å².